The number of aryl methyl sites for hydroxylation is 1. The summed E-state index contributed by atoms with van der Waals surface area (Å²) < 4.78 is 44.5. The van der Waals surface area contributed by atoms with Crippen LogP contribution in [0.25, 0.3) is 11.1 Å². The molecule has 1 aromatic heterocycles. The Morgan fingerprint density at radius 2 is 1.85 bits per heavy atom. The van der Waals surface area contributed by atoms with Gasteiger partial charge in [0, 0.05) is 24.3 Å². The Morgan fingerprint density at radius 3 is 2.50 bits per heavy atom. The lowest BCUT2D eigenvalue weighted by Gasteiger charge is -2.09. The number of hydrogen-bond donors (Lipinski definition) is 2. The third-order valence-corrected chi connectivity index (χ3v) is 5.04. The zero-order chi connectivity index (χ0) is 18.7. The van der Waals surface area contributed by atoms with E-state index in [1.54, 1.807) is 18.2 Å². The lowest BCUT2D eigenvalue weighted by atomic mass is 10.0. The molecule has 2 aromatic carbocycles. The van der Waals surface area contributed by atoms with Gasteiger partial charge in [0.2, 0.25) is 0 Å². The second kappa shape index (κ2) is 7.27. The smallest absolute Gasteiger partial charge is 0.340 e. The molecule has 0 amide bonds. The first-order valence-electron chi connectivity index (χ1n) is 7.86. The van der Waals surface area contributed by atoms with E-state index in [4.69, 9.17) is 4.18 Å². The summed E-state index contributed by atoms with van der Waals surface area (Å²) in [6.07, 6.45) is 0.143. The number of rotatable bonds is 6. The topological polar surface area (TPSA) is 92.3 Å². The first kappa shape index (κ1) is 18.1. The van der Waals surface area contributed by atoms with Crippen molar-refractivity contribution < 1.29 is 22.1 Å². The van der Waals surface area contributed by atoms with E-state index in [2.05, 4.69) is 10.2 Å². The van der Waals surface area contributed by atoms with E-state index in [1.165, 1.54) is 30.3 Å². The summed E-state index contributed by atoms with van der Waals surface area (Å²) >= 11 is 0. The number of nitrogens with zero attached hydrogens (tertiary/aromatic N) is 1. The molecule has 0 saturated carbocycles. The van der Waals surface area contributed by atoms with Crippen LogP contribution in [0.15, 0.2) is 53.4 Å². The maximum Gasteiger partial charge on any atom is 0.340 e. The molecule has 3 aromatic rings. The Balaban J connectivity index is 2.06. The molecule has 0 bridgehead atoms. The van der Waals surface area contributed by atoms with E-state index in [0.717, 1.165) is 5.56 Å². The van der Waals surface area contributed by atoms with Crippen LogP contribution >= 0.6 is 0 Å². The predicted octanol–water partition coefficient (Wildman–Crippen LogP) is 2.83. The van der Waals surface area contributed by atoms with Crippen molar-refractivity contribution in [2.45, 2.75) is 18.2 Å². The van der Waals surface area contributed by atoms with Crippen molar-refractivity contribution in [2.75, 3.05) is 6.61 Å². The number of nitrogens with one attached hydrogen (secondary N) is 1. The highest BCUT2D eigenvalue weighted by Gasteiger charge is 2.25. The third kappa shape index (κ3) is 3.61. The van der Waals surface area contributed by atoms with E-state index >= 15 is 0 Å². The third-order valence-electron chi connectivity index (χ3n) is 3.81. The summed E-state index contributed by atoms with van der Waals surface area (Å²) in [4.78, 5) is -0.0331. The molecule has 6 nitrogen and oxygen atoms in total. The van der Waals surface area contributed by atoms with Crippen LogP contribution in [0.4, 0.5) is 4.39 Å². The maximum absolute atomic E-state index is 14.2. The molecular weight excluding hydrogens is 359 g/mol. The number of aromatic amines is 1. The number of aromatic nitrogens is 2. The van der Waals surface area contributed by atoms with Gasteiger partial charge in [-0.3, -0.25) is 5.10 Å². The average Bonchev–Trinajstić information content (AvgIpc) is 2.98. The summed E-state index contributed by atoms with van der Waals surface area (Å²) in [5.74, 6) is -0.815. The molecule has 8 heteroatoms. The van der Waals surface area contributed by atoms with Crippen molar-refractivity contribution >= 4 is 10.1 Å². The fraction of sp³-hybridized carbons (Fsp3) is 0.167. The fourth-order valence-corrected chi connectivity index (χ4v) is 3.40. The Morgan fingerprint density at radius 1 is 1.15 bits per heavy atom. The van der Waals surface area contributed by atoms with Crippen molar-refractivity contribution in [3.05, 3.63) is 65.6 Å². The minimum Gasteiger partial charge on any atom is -0.396 e. The molecule has 136 valence electrons. The second-order valence-corrected chi connectivity index (χ2v) is 7.23. The molecule has 0 aliphatic rings. The lowest BCUT2D eigenvalue weighted by Crippen LogP contribution is -2.10. The van der Waals surface area contributed by atoms with Gasteiger partial charge in [0.1, 0.15) is 10.7 Å². The molecule has 0 radical (unpaired) electrons. The minimum atomic E-state index is -4.14. The van der Waals surface area contributed by atoms with Gasteiger partial charge in [0.15, 0.2) is 0 Å². The highest BCUT2D eigenvalue weighted by molar-refractivity contribution is 7.87. The summed E-state index contributed by atoms with van der Waals surface area (Å²) in [6.45, 7) is 1.62. The van der Waals surface area contributed by atoms with E-state index in [1.807, 2.05) is 6.92 Å². The Labute approximate surface area is 150 Å². The largest absolute Gasteiger partial charge is 0.396 e. The predicted molar refractivity (Wildman–Crippen MR) is 93.8 cm³/mol. The number of aliphatic hydroxyl groups excluding tert-OH is 1. The SMILES string of the molecule is Cc1ccc(S(=O)(=O)Oc2n[nH]c(CCO)c2-c2ccccc2F)cc1. The molecule has 0 spiro atoms. The van der Waals surface area contributed by atoms with Crippen LogP contribution in [0.1, 0.15) is 11.3 Å². The van der Waals surface area contributed by atoms with Gasteiger partial charge in [0.25, 0.3) is 5.88 Å². The van der Waals surface area contributed by atoms with Crippen LogP contribution in [-0.2, 0) is 16.5 Å². The first-order valence-corrected chi connectivity index (χ1v) is 9.27. The van der Waals surface area contributed by atoms with E-state index in [-0.39, 0.29) is 34.9 Å². The number of halogens is 1. The maximum atomic E-state index is 14.2. The standard InChI is InChI=1S/C18H17FN2O4S/c1-12-6-8-13(9-7-12)26(23,24)25-18-17(16(10-11-22)20-21-18)14-4-2-3-5-15(14)19/h2-9,22H,10-11H2,1H3,(H,20,21). The zero-order valence-corrected chi connectivity index (χ0v) is 14.8. The van der Waals surface area contributed by atoms with Crippen LogP contribution in [-0.4, -0.2) is 30.3 Å². The molecule has 0 atom stereocenters. The van der Waals surface area contributed by atoms with Crippen LogP contribution < -0.4 is 4.18 Å². The van der Waals surface area contributed by atoms with Crippen molar-refractivity contribution in [1.82, 2.24) is 10.2 Å². The molecule has 1 heterocycles. The number of hydrogen-bond acceptors (Lipinski definition) is 5. The quantitative estimate of drug-likeness (QED) is 0.646. The van der Waals surface area contributed by atoms with Crippen LogP contribution in [0.5, 0.6) is 5.88 Å². The highest BCUT2D eigenvalue weighted by Crippen LogP contribution is 2.35. The molecule has 0 fully saturated rings. The summed E-state index contributed by atoms with van der Waals surface area (Å²) in [6, 6.07) is 12.0. The molecule has 26 heavy (non-hydrogen) atoms. The minimum absolute atomic E-state index is 0.0331. The van der Waals surface area contributed by atoms with E-state index in [0.29, 0.717) is 5.69 Å². The summed E-state index contributed by atoms with van der Waals surface area (Å²) in [5.41, 5.74) is 1.60. The monoisotopic (exact) mass is 376 g/mol. The number of aliphatic hydroxyl groups is 1. The first-order chi connectivity index (χ1) is 12.4. The van der Waals surface area contributed by atoms with Gasteiger partial charge < -0.3 is 9.29 Å². The molecule has 0 aliphatic carbocycles. The van der Waals surface area contributed by atoms with E-state index < -0.39 is 15.9 Å². The summed E-state index contributed by atoms with van der Waals surface area (Å²) in [7, 11) is -4.14. The van der Waals surface area contributed by atoms with Crippen molar-refractivity contribution in [3.8, 4) is 17.0 Å². The van der Waals surface area contributed by atoms with Crippen molar-refractivity contribution in [3.63, 3.8) is 0 Å². The van der Waals surface area contributed by atoms with Gasteiger partial charge in [-0.2, -0.15) is 8.42 Å². The lowest BCUT2D eigenvalue weighted by molar-refractivity contribution is 0.298. The fourth-order valence-electron chi connectivity index (χ4n) is 2.51. The normalized spacial score (nSPS) is 11.5. The van der Waals surface area contributed by atoms with Gasteiger partial charge in [0.05, 0.1) is 5.56 Å². The molecular formula is C18H17FN2O4S. The van der Waals surface area contributed by atoms with Crippen LogP contribution in [0.2, 0.25) is 0 Å². The van der Waals surface area contributed by atoms with Crippen molar-refractivity contribution in [2.24, 2.45) is 0 Å². The highest BCUT2D eigenvalue weighted by atomic mass is 32.2. The molecule has 0 unspecified atom stereocenters. The Kier molecular flexibility index (Phi) is 5.06. The van der Waals surface area contributed by atoms with Crippen molar-refractivity contribution in [1.29, 1.82) is 0 Å². The average molecular weight is 376 g/mol. The van der Waals surface area contributed by atoms with Crippen LogP contribution in [0.3, 0.4) is 0 Å². The molecule has 3 rings (SSSR count). The zero-order valence-electron chi connectivity index (χ0n) is 13.9. The second-order valence-electron chi connectivity index (χ2n) is 5.69. The molecule has 0 saturated heterocycles. The van der Waals surface area contributed by atoms with Gasteiger partial charge in [-0.1, -0.05) is 35.9 Å². The molecule has 0 aliphatic heterocycles. The Hall–Kier alpha value is -2.71. The van der Waals surface area contributed by atoms with Crippen LogP contribution in [0, 0.1) is 12.7 Å². The number of H-pyrrole nitrogens is 1. The van der Waals surface area contributed by atoms with Gasteiger partial charge in [-0.25, -0.2) is 4.39 Å². The van der Waals surface area contributed by atoms with Gasteiger partial charge in [-0.15, -0.1) is 5.10 Å². The summed E-state index contributed by atoms with van der Waals surface area (Å²) in [5, 5.41) is 15.7. The number of benzene rings is 2. The Bertz CT molecular complexity index is 1010. The van der Waals surface area contributed by atoms with Gasteiger partial charge in [-0.05, 0) is 25.1 Å². The molecule has 2 N–H and O–H groups in total. The van der Waals surface area contributed by atoms with E-state index in [9.17, 15) is 17.9 Å². The van der Waals surface area contributed by atoms with Gasteiger partial charge >= 0.3 is 10.1 Å².